The van der Waals surface area contributed by atoms with Crippen molar-refractivity contribution >= 4 is 16.8 Å². The summed E-state index contributed by atoms with van der Waals surface area (Å²) in [7, 11) is 2.07. The summed E-state index contributed by atoms with van der Waals surface area (Å²) < 4.78 is 4.41. The van der Waals surface area contributed by atoms with Crippen LogP contribution in [0, 0.1) is 6.92 Å². The summed E-state index contributed by atoms with van der Waals surface area (Å²) in [5.41, 5.74) is 5.86. The molecular weight excluding hydrogens is 246 g/mol. The number of benzene rings is 2. The molecule has 0 radical (unpaired) electrons. The number of para-hydroxylation sites is 2. The summed E-state index contributed by atoms with van der Waals surface area (Å²) in [5, 5.41) is 0. The predicted molar refractivity (Wildman–Crippen MR) is 81.8 cm³/mol. The summed E-state index contributed by atoms with van der Waals surface area (Å²) in [5.74, 6) is 0.988. The van der Waals surface area contributed by atoms with E-state index < -0.39 is 0 Å². The molecule has 2 aromatic carbocycles. The third-order valence-corrected chi connectivity index (χ3v) is 3.96. The molecule has 0 aliphatic carbocycles. The van der Waals surface area contributed by atoms with Gasteiger partial charge in [0.15, 0.2) is 0 Å². The van der Waals surface area contributed by atoms with Crippen LogP contribution in [0.1, 0.15) is 5.69 Å². The first-order valence-corrected chi connectivity index (χ1v) is 6.75. The molecule has 0 amide bonds. The Bertz CT molecular complexity index is 914. The number of aryl methyl sites for hydroxylation is 1. The van der Waals surface area contributed by atoms with Crippen molar-refractivity contribution in [3.63, 3.8) is 0 Å². The number of rotatable bonds is 1. The molecule has 0 fully saturated rings. The van der Waals surface area contributed by atoms with Crippen molar-refractivity contribution in [3.8, 4) is 11.3 Å². The Balaban J connectivity index is 2.22. The van der Waals surface area contributed by atoms with Gasteiger partial charge in [0, 0.05) is 18.3 Å². The van der Waals surface area contributed by atoms with E-state index in [1.54, 1.807) is 0 Å². The molecule has 0 N–H and O–H groups in total. The molecule has 0 saturated carbocycles. The van der Waals surface area contributed by atoms with Crippen molar-refractivity contribution in [3.05, 3.63) is 60.3 Å². The van der Waals surface area contributed by atoms with Crippen molar-refractivity contribution in [1.82, 2.24) is 14.0 Å². The quantitative estimate of drug-likeness (QED) is 0.511. The molecule has 2 aromatic heterocycles. The molecule has 0 bridgehead atoms. The van der Waals surface area contributed by atoms with Crippen LogP contribution >= 0.6 is 0 Å². The third-order valence-electron chi connectivity index (χ3n) is 3.96. The largest absolute Gasteiger partial charge is 0.317 e. The van der Waals surface area contributed by atoms with Gasteiger partial charge in [-0.2, -0.15) is 0 Å². The topological polar surface area (TPSA) is 22.2 Å². The van der Waals surface area contributed by atoms with Crippen molar-refractivity contribution in [1.29, 1.82) is 0 Å². The minimum Gasteiger partial charge on any atom is -0.317 e. The van der Waals surface area contributed by atoms with Gasteiger partial charge >= 0.3 is 0 Å². The number of aromatic nitrogens is 3. The predicted octanol–water partition coefficient (Wildman–Crippen LogP) is 3.80. The summed E-state index contributed by atoms with van der Waals surface area (Å²) >= 11 is 0. The van der Waals surface area contributed by atoms with Crippen LogP contribution < -0.4 is 0 Å². The molecule has 0 unspecified atom stereocenters. The minimum atomic E-state index is 0.988. The van der Waals surface area contributed by atoms with E-state index in [2.05, 4.69) is 65.4 Å². The summed E-state index contributed by atoms with van der Waals surface area (Å²) in [4.78, 5) is 4.75. The zero-order valence-electron chi connectivity index (χ0n) is 11.5. The van der Waals surface area contributed by atoms with Crippen LogP contribution in [-0.2, 0) is 7.05 Å². The first kappa shape index (κ1) is 11.3. The molecular formula is C17H15N3. The smallest absolute Gasteiger partial charge is 0.215 e. The van der Waals surface area contributed by atoms with Crippen molar-refractivity contribution in [2.75, 3.05) is 0 Å². The van der Waals surface area contributed by atoms with Crippen LogP contribution in [0.25, 0.3) is 28.1 Å². The number of imidazole rings is 2. The molecule has 0 aliphatic rings. The molecule has 4 rings (SSSR count). The first-order chi connectivity index (χ1) is 9.77. The normalized spacial score (nSPS) is 11.5. The Morgan fingerprint density at radius 2 is 1.60 bits per heavy atom. The van der Waals surface area contributed by atoms with Gasteiger partial charge in [-0.3, -0.25) is 4.40 Å². The highest BCUT2D eigenvalue weighted by molar-refractivity contribution is 5.84. The Morgan fingerprint density at radius 1 is 0.900 bits per heavy atom. The maximum Gasteiger partial charge on any atom is 0.215 e. The Labute approximate surface area is 117 Å². The second kappa shape index (κ2) is 3.97. The van der Waals surface area contributed by atoms with Gasteiger partial charge < -0.3 is 4.57 Å². The van der Waals surface area contributed by atoms with Crippen LogP contribution in [0.3, 0.4) is 0 Å². The highest BCUT2D eigenvalue weighted by Gasteiger charge is 2.17. The number of fused-ring (bicyclic) bond motifs is 3. The van der Waals surface area contributed by atoms with E-state index in [9.17, 15) is 0 Å². The molecule has 4 aromatic rings. The summed E-state index contributed by atoms with van der Waals surface area (Å²) in [6, 6.07) is 18.8. The zero-order valence-corrected chi connectivity index (χ0v) is 11.5. The Morgan fingerprint density at radius 3 is 2.40 bits per heavy atom. The summed E-state index contributed by atoms with van der Waals surface area (Å²) in [6.07, 6.45) is 0. The van der Waals surface area contributed by atoms with Crippen LogP contribution in [0.4, 0.5) is 0 Å². The van der Waals surface area contributed by atoms with Gasteiger partial charge in [0.2, 0.25) is 5.78 Å². The molecule has 0 aliphatic heterocycles. The van der Waals surface area contributed by atoms with Gasteiger partial charge in [0.05, 0.1) is 16.7 Å². The fourth-order valence-electron chi connectivity index (χ4n) is 2.86. The van der Waals surface area contributed by atoms with Gasteiger partial charge in [0.1, 0.15) is 0 Å². The molecule has 0 spiro atoms. The molecule has 3 heteroatoms. The monoisotopic (exact) mass is 261 g/mol. The minimum absolute atomic E-state index is 0.988. The standard InChI is InChI=1S/C17H15N3/c1-12-16(13-8-4-3-5-9-13)20-15-11-7-6-10-14(15)18-17(20)19(12)2/h3-11H,1-2H3. The Hall–Kier alpha value is -2.55. The average Bonchev–Trinajstić information content (AvgIpc) is 2.97. The van der Waals surface area contributed by atoms with Crippen molar-refractivity contribution < 1.29 is 0 Å². The van der Waals surface area contributed by atoms with Crippen LogP contribution in [0.15, 0.2) is 54.6 Å². The SMILES string of the molecule is Cc1c(-c2ccccc2)n2c3ccccc3nc2n1C. The van der Waals surface area contributed by atoms with E-state index in [-0.39, 0.29) is 0 Å². The van der Waals surface area contributed by atoms with Gasteiger partial charge in [-0.1, -0.05) is 42.5 Å². The number of hydrogen-bond donors (Lipinski definition) is 0. The molecule has 0 atom stereocenters. The highest BCUT2D eigenvalue weighted by Crippen LogP contribution is 2.30. The maximum absolute atomic E-state index is 4.75. The van der Waals surface area contributed by atoms with Gasteiger partial charge in [-0.25, -0.2) is 4.98 Å². The van der Waals surface area contributed by atoms with E-state index in [1.165, 1.54) is 17.0 Å². The second-order valence-corrected chi connectivity index (χ2v) is 5.09. The van der Waals surface area contributed by atoms with Crippen molar-refractivity contribution in [2.24, 2.45) is 7.05 Å². The van der Waals surface area contributed by atoms with Crippen LogP contribution in [0.5, 0.6) is 0 Å². The second-order valence-electron chi connectivity index (χ2n) is 5.09. The van der Waals surface area contributed by atoms with E-state index in [0.717, 1.165) is 16.8 Å². The molecule has 2 heterocycles. The lowest BCUT2D eigenvalue weighted by molar-refractivity contribution is 0.900. The van der Waals surface area contributed by atoms with E-state index in [0.29, 0.717) is 0 Å². The number of hydrogen-bond acceptors (Lipinski definition) is 1. The lowest BCUT2D eigenvalue weighted by Crippen LogP contribution is -1.91. The summed E-state index contributed by atoms with van der Waals surface area (Å²) in [6.45, 7) is 2.14. The Kier molecular flexibility index (Phi) is 2.24. The van der Waals surface area contributed by atoms with Gasteiger partial charge in [-0.05, 0) is 19.1 Å². The van der Waals surface area contributed by atoms with Crippen LogP contribution in [0.2, 0.25) is 0 Å². The van der Waals surface area contributed by atoms with Crippen molar-refractivity contribution in [2.45, 2.75) is 6.92 Å². The molecule has 3 nitrogen and oxygen atoms in total. The first-order valence-electron chi connectivity index (χ1n) is 6.75. The van der Waals surface area contributed by atoms with E-state index in [4.69, 9.17) is 4.98 Å². The molecule has 98 valence electrons. The fraction of sp³-hybridized carbons (Fsp3) is 0.118. The molecule has 0 saturated heterocycles. The lowest BCUT2D eigenvalue weighted by atomic mass is 10.1. The lowest BCUT2D eigenvalue weighted by Gasteiger charge is -2.03. The average molecular weight is 261 g/mol. The van der Waals surface area contributed by atoms with Crippen LogP contribution in [-0.4, -0.2) is 14.0 Å². The maximum atomic E-state index is 4.75. The van der Waals surface area contributed by atoms with Gasteiger partial charge in [0.25, 0.3) is 0 Å². The number of nitrogens with zero attached hydrogens (tertiary/aromatic N) is 3. The molecule has 20 heavy (non-hydrogen) atoms. The fourth-order valence-corrected chi connectivity index (χ4v) is 2.86. The van der Waals surface area contributed by atoms with E-state index in [1.807, 2.05) is 12.1 Å². The van der Waals surface area contributed by atoms with E-state index >= 15 is 0 Å². The zero-order chi connectivity index (χ0) is 13.7. The highest BCUT2D eigenvalue weighted by atomic mass is 15.2. The third kappa shape index (κ3) is 1.37. The van der Waals surface area contributed by atoms with Gasteiger partial charge in [-0.15, -0.1) is 0 Å².